The summed E-state index contributed by atoms with van der Waals surface area (Å²) in [7, 11) is 0. The van der Waals surface area contributed by atoms with Gasteiger partial charge in [0.1, 0.15) is 11.9 Å². The fourth-order valence-electron chi connectivity index (χ4n) is 2.51. The second kappa shape index (κ2) is 6.97. The van der Waals surface area contributed by atoms with E-state index in [9.17, 15) is 0 Å². The average molecular weight is 317 g/mol. The number of aromatic nitrogens is 3. The Balaban J connectivity index is 1.81. The molecule has 3 aromatic rings. The quantitative estimate of drug-likeness (QED) is 0.775. The van der Waals surface area contributed by atoms with E-state index < -0.39 is 0 Å². The van der Waals surface area contributed by atoms with Gasteiger partial charge in [-0.1, -0.05) is 32.0 Å². The summed E-state index contributed by atoms with van der Waals surface area (Å²) in [6.45, 7) is 4.92. The zero-order valence-electron chi connectivity index (χ0n) is 13.8. The largest absolute Gasteiger partial charge is 0.366 e. The highest BCUT2D eigenvalue weighted by molar-refractivity contribution is 5.41. The van der Waals surface area contributed by atoms with E-state index >= 15 is 0 Å². The number of hydrogen-bond acceptors (Lipinski definition) is 4. The lowest BCUT2D eigenvalue weighted by atomic mass is 10.1. The van der Waals surface area contributed by atoms with Gasteiger partial charge in [0.25, 0.3) is 0 Å². The van der Waals surface area contributed by atoms with Crippen LogP contribution in [0.4, 0.5) is 5.82 Å². The van der Waals surface area contributed by atoms with Crippen molar-refractivity contribution in [2.45, 2.75) is 26.3 Å². The Morgan fingerprint density at radius 1 is 1.17 bits per heavy atom. The van der Waals surface area contributed by atoms with Gasteiger partial charge in [-0.2, -0.15) is 10.4 Å². The Kier molecular flexibility index (Phi) is 4.57. The number of nitriles is 1. The van der Waals surface area contributed by atoms with Gasteiger partial charge in [-0.25, -0.2) is 9.67 Å². The highest BCUT2D eigenvalue weighted by atomic mass is 15.3. The second-order valence-corrected chi connectivity index (χ2v) is 5.87. The third-order valence-corrected chi connectivity index (χ3v) is 3.74. The van der Waals surface area contributed by atoms with Crippen molar-refractivity contribution < 1.29 is 0 Å². The Hall–Kier alpha value is -3.13. The summed E-state index contributed by atoms with van der Waals surface area (Å²) in [5, 5.41) is 16.9. The number of nitrogens with one attached hydrogen (secondary N) is 1. The summed E-state index contributed by atoms with van der Waals surface area (Å²) in [6, 6.07) is 15.7. The molecule has 0 aliphatic heterocycles. The van der Waals surface area contributed by atoms with Crippen molar-refractivity contribution in [2.24, 2.45) is 0 Å². The minimum absolute atomic E-state index is 0.334. The molecule has 0 atom stereocenters. The van der Waals surface area contributed by atoms with E-state index in [1.807, 2.05) is 41.1 Å². The standard InChI is InChI=1S/C19H19N5/c1-14(2)19-16(12-22-18-9-8-15(10-20)11-21-18)13-24(23-19)17-6-4-3-5-7-17/h3-9,11,13-14H,12H2,1-2H3,(H,21,22). The zero-order chi connectivity index (χ0) is 16.9. The molecule has 0 saturated heterocycles. The van der Waals surface area contributed by atoms with Crippen LogP contribution in [0.15, 0.2) is 54.9 Å². The van der Waals surface area contributed by atoms with E-state index in [-0.39, 0.29) is 0 Å². The maximum Gasteiger partial charge on any atom is 0.126 e. The number of anilines is 1. The molecule has 5 nitrogen and oxygen atoms in total. The molecule has 5 heteroatoms. The predicted octanol–water partition coefficient (Wildman–Crippen LogP) is 3.87. The number of pyridine rings is 1. The van der Waals surface area contributed by atoms with Crippen LogP contribution in [0.5, 0.6) is 0 Å². The summed E-state index contributed by atoms with van der Waals surface area (Å²) in [4.78, 5) is 4.24. The van der Waals surface area contributed by atoms with Gasteiger partial charge in [-0.15, -0.1) is 0 Å². The Morgan fingerprint density at radius 3 is 2.58 bits per heavy atom. The molecule has 0 bridgehead atoms. The van der Waals surface area contributed by atoms with Crippen LogP contribution in [-0.4, -0.2) is 14.8 Å². The van der Waals surface area contributed by atoms with Crippen LogP contribution in [-0.2, 0) is 6.54 Å². The Bertz CT molecular complexity index is 842. The molecule has 0 amide bonds. The first kappa shape index (κ1) is 15.8. The maximum absolute atomic E-state index is 8.82. The van der Waals surface area contributed by atoms with Crippen LogP contribution in [0.25, 0.3) is 5.69 Å². The van der Waals surface area contributed by atoms with Crippen LogP contribution in [0.1, 0.15) is 36.6 Å². The van der Waals surface area contributed by atoms with E-state index in [2.05, 4.69) is 36.4 Å². The van der Waals surface area contributed by atoms with Gasteiger partial charge in [0.2, 0.25) is 0 Å². The summed E-state index contributed by atoms with van der Waals surface area (Å²) < 4.78 is 1.92. The smallest absolute Gasteiger partial charge is 0.126 e. The fraction of sp³-hybridized carbons (Fsp3) is 0.211. The molecule has 0 saturated carbocycles. The van der Waals surface area contributed by atoms with Crippen LogP contribution < -0.4 is 5.32 Å². The first-order valence-electron chi connectivity index (χ1n) is 7.91. The highest BCUT2D eigenvalue weighted by Gasteiger charge is 2.13. The molecule has 2 aromatic heterocycles. The third kappa shape index (κ3) is 3.44. The first-order chi connectivity index (χ1) is 11.7. The van der Waals surface area contributed by atoms with Crippen molar-refractivity contribution in [3.63, 3.8) is 0 Å². The number of benzene rings is 1. The molecule has 0 spiro atoms. The van der Waals surface area contributed by atoms with Crippen molar-refractivity contribution in [2.75, 3.05) is 5.32 Å². The minimum atomic E-state index is 0.334. The summed E-state index contributed by atoms with van der Waals surface area (Å²) in [5.74, 6) is 1.08. The molecule has 0 unspecified atom stereocenters. The molecule has 24 heavy (non-hydrogen) atoms. The van der Waals surface area contributed by atoms with Crippen molar-refractivity contribution in [1.29, 1.82) is 5.26 Å². The van der Waals surface area contributed by atoms with Crippen LogP contribution in [0.3, 0.4) is 0 Å². The van der Waals surface area contributed by atoms with Gasteiger partial charge in [0.15, 0.2) is 0 Å². The maximum atomic E-state index is 8.82. The average Bonchev–Trinajstić information content (AvgIpc) is 3.06. The summed E-state index contributed by atoms with van der Waals surface area (Å²) in [6.07, 6.45) is 3.63. The Labute approximate surface area is 141 Å². The van der Waals surface area contributed by atoms with Gasteiger partial charge in [0.05, 0.1) is 16.9 Å². The lowest BCUT2D eigenvalue weighted by Gasteiger charge is -2.07. The molecule has 3 rings (SSSR count). The zero-order valence-corrected chi connectivity index (χ0v) is 13.8. The van der Waals surface area contributed by atoms with Gasteiger partial charge < -0.3 is 5.32 Å². The number of rotatable bonds is 5. The lowest BCUT2D eigenvalue weighted by molar-refractivity contribution is 0.763. The van der Waals surface area contributed by atoms with E-state index in [0.717, 1.165) is 22.8 Å². The van der Waals surface area contributed by atoms with Gasteiger partial charge in [-0.05, 0) is 30.2 Å². The predicted molar refractivity (Wildman–Crippen MR) is 93.9 cm³/mol. The minimum Gasteiger partial charge on any atom is -0.366 e. The molecule has 1 aromatic carbocycles. The lowest BCUT2D eigenvalue weighted by Crippen LogP contribution is -2.03. The summed E-state index contributed by atoms with van der Waals surface area (Å²) in [5.41, 5.74) is 3.81. The normalized spacial score (nSPS) is 10.6. The van der Waals surface area contributed by atoms with E-state index in [0.29, 0.717) is 18.0 Å². The van der Waals surface area contributed by atoms with Gasteiger partial charge in [-0.3, -0.25) is 0 Å². The number of para-hydroxylation sites is 1. The van der Waals surface area contributed by atoms with Crippen LogP contribution in [0, 0.1) is 11.3 Å². The molecular formula is C19H19N5. The third-order valence-electron chi connectivity index (χ3n) is 3.74. The highest BCUT2D eigenvalue weighted by Crippen LogP contribution is 2.21. The van der Waals surface area contributed by atoms with E-state index in [1.165, 1.54) is 0 Å². The van der Waals surface area contributed by atoms with Crippen molar-refractivity contribution >= 4 is 5.82 Å². The van der Waals surface area contributed by atoms with Crippen LogP contribution >= 0.6 is 0 Å². The molecule has 0 fully saturated rings. The molecule has 1 N–H and O–H groups in total. The van der Waals surface area contributed by atoms with Crippen molar-refractivity contribution in [3.8, 4) is 11.8 Å². The van der Waals surface area contributed by atoms with Crippen molar-refractivity contribution in [1.82, 2.24) is 14.8 Å². The first-order valence-corrected chi connectivity index (χ1v) is 7.91. The van der Waals surface area contributed by atoms with Crippen molar-refractivity contribution in [3.05, 3.63) is 71.7 Å². The molecule has 2 heterocycles. The topological polar surface area (TPSA) is 66.5 Å². The van der Waals surface area contributed by atoms with Gasteiger partial charge >= 0.3 is 0 Å². The molecule has 0 aliphatic rings. The second-order valence-electron chi connectivity index (χ2n) is 5.87. The molecular weight excluding hydrogens is 298 g/mol. The number of nitrogens with zero attached hydrogens (tertiary/aromatic N) is 4. The molecule has 0 radical (unpaired) electrons. The van der Waals surface area contributed by atoms with Crippen LogP contribution in [0.2, 0.25) is 0 Å². The molecule has 0 aliphatic carbocycles. The van der Waals surface area contributed by atoms with E-state index in [4.69, 9.17) is 10.4 Å². The monoisotopic (exact) mass is 317 g/mol. The van der Waals surface area contributed by atoms with Gasteiger partial charge in [0, 0.05) is 24.5 Å². The summed E-state index contributed by atoms with van der Waals surface area (Å²) >= 11 is 0. The Morgan fingerprint density at radius 2 is 1.96 bits per heavy atom. The van der Waals surface area contributed by atoms with E-state index in [1.54, 1.807) is 12.3 Å². The SMILES string of the molecule is CC(C)c1nn(-c2ccccc2)cc1CNc1ccc(C#N)cn1. The molecule has 120 valence electrons. The number of hydrogen-bond donors (Lipinski definition) is 1. The fourth-order valence-corrected chi connectivity index (χ4v) is 2.51.